The lowest BCUT2D eigenvalue weighted by molar-refractivity contribution is -0.161. The number of nitrogen functional groups attached to an aromatic ring is 1. The van der Waals surface area contributed by atoms with Gasteiger partial charge in [-0.2, -0.15) is 0 Å². The van der Waals surface area contributed by atoms with E-state index in [9.17, 15) is 39.3 Å². The van der Waals surface area contributed by atoms with Crippen LogP contribution in [-0.2, 0) is 30.6 Å². The smallest absolute Gasteiger partial charge is 0.352 e. The minimum atomic E-state index is -1.79. The number of aliphatic carboxylic acids is 2. The Balaban J connectivity index is 1.38. The zero-order valence-electron chi connectivity index (χ0n) is 22.5. The second-order valence-electron chi connectivity index (χ2n) is 10.1. The molecule has 4 aliphatic rings. The molecule has 43 heavy (non-hydrogen) atoms. The fourth-order valence-electron chi connectivity index (χ4n) is 4.40. The molecule has 0 aromatic carbocycles. The number of nitrogens with zero attached hydrogens (tertiary/aromatic N) is 4. The van der Waals surface area contributed by atoms with Crippen LogP contribution in [0.3, 0.4) is 0 Å². The number of carboxylic acids is 2. The van der Waals surface area contributed by atoms with E-state index < -0.39 is 57.7 Å². The van der Waals surface area contributed by atoms with Crippen LogP contribution in [0.5, 0.6) is 5.75 Å². The molecule has 1 aromatic rings. The van der Waals surface area contributed by atoms with Crippen molar-refractivity contribution in [2.24, 2.45) is 5.16 Å². The molecule has 4 heterocycles. The molecule has 0 saturated carbocycles. The summed E-state index contributed by atoms with van der Waals surface area (Å²) < 4.78 is 1.59. The Hall–Kier alpha value is -4.90. The number of aromatic nitrogens is 2. The highest BCUT2D eigenvalue weighted by Crippen LogP contribution is 2.41. The molecule has 0 spiro atoms. The predicted molar refractivity (Wildman–Crippen MR) is 155 cm³/mol. The number of carbonyl (C=O) groups excluding carboxylic acids is 2. The number of pyridine rings is 1. The van der Waals surface area contributed by atoms with Crippen molar-refractivity contribution in [2.75, 3.05) is 11.5 Å². The molecule has 6 N–H and O–H groups in total. The summed E-state index contributed by atoms with van der Waals surface area (Å²) >= 11 is 2.23. The zero-order valence-corrected chi connectivity index (χ0v) is 24.1. The van der Waals surface area contributed by atoms with Crippen molar-refractivity contribution in [3.8, 4) is 16.9 Å². The van der Waals surface area contributed by atoms with Gasteiger partial charge in [-0.25, -0.2) is 14.6 Å². The van der Waals surface area contributed by atoms with E-state index in [2.05, 4.69) is 15.5 Å². The number of phenolic OH excluding ortho intramolecular Hbond substituents is 1. The molecule has 5 rings (SSSR count). The van der Waals surface area contributed by atoms with Crippen LogP contribution in [0, 0.1) is 0 Å². The molecular formula is C26H24N6O9S2. The Kier molecular flexibility index (Phi) is 7.61. The molecule has 2 amide bonds. The molecule has 15 nitrogen and oxygen atoms in total. The van der Waals surface area contributed by atoms with Gasteiger partial charge < -0.3 is 35.8 Å². The van der Waals surface area contributed by atoms with Crippen LogP contribution in [-0.4, -0.2) is 82.0 Å². The first kappa shape index (κ1) is 29.6. The molecule has 17 heteroatoms. The first-order valence-corrected chi connectivity index (χ1v) is 14.4. The summed E-state index contributed by atoms with van der Waals surface area (Å²) in [5.74, 6) is -4.48. The molecule has 3 aliphatic heterocycles. The quantitative estimate of drug-likeness (QED) is 0.125. The van der Waals surface area contributed by atoms with Gasteiger partial charge in [0.25, 0.3) is 11.8 Å². The van der Waals surface area contributed by atoms with E-state index >= 15 is 0 Å². The first-order chi connectivity index (χ1) is 20.3. The van der Waals surface area contributed by atoms with E-state index in [1.807, 2.05) is 0 Å². The Morgan fingerprint density at radius 2 is 1.98 bits per heavy atom. The Labute approximate surface area is 250 Å². The number of hydrogen-bond donors (Lipinski definition) is 5. The Bertz CT molecular complexity index is 1760. The summed E-state index contributed by atoms with van der Waals surface area (Å²) in [6, 6.07) is 3.42. The number of benzene rings is 1. The average Bonchev–Trinajstić information content (AvgIpc) is 3.39. The monoisotopic (exact) mass is 628 g/mol. The summed E-state index contributed by atoms with van der Waals surface area (Å²) in [6.07, 6.45) is 3.16. The van der Waals surface area contributed by atoms with Crippen LogP contribution < -0.4 is 16.5 Å². The number of phenols is 1. The number of hydrogen-bond acceptors (Lipinski definition) is 12. The third-order valence-corrected chi connectivity index (χ3v) is 8.73. The van der Waals surface area contributed by atoms with Gasteiger partial charge in [0.05, 0.1) is 0 Å². The van der Waals surface area contributed by atoms with Crippen molar-refractivity contribution >= 4 is 57.7 Å². The lowest BCUT2D eigenvalue weighted by atomic mass is 10.0. The van der Waals surface area contributed by atoms with Crippen molar-refractivity contribution in [1.29, 1.82) is 0 Å². The minimum Gasteiger partial charge on any atom is -0.504 e. The molecule has 1 unspecified atom stereocenters. The van der Waals surface area contributed by atoms with E-state index in [1.165, 1.54) is 43.3 Å². The summed E-state index contributed by atoms with van der Waals surface area (Å²) in [4.78, 5) is 72.7. The lowest BCUT2D eigenvalue weighted by Crippen LogP contribution is -2.71. The molecule has 1 fully saturated rings. The number of thioether (sulfide) groups is 1. The van der Waals surface area contributed by atoms with Gasteiger partial charge in [0.1, 0.15) is 22.8 Å². The van der Waals surface area contributed by atoms with Crippen LogP contribution in [0.2, 0.25) is 0 Å². The highest BCUT2D eigenvalue weighted by atomic mass is 32.2. The van der Waals surface area contributed by atoms with Crippen LogP contribution in [0.1, 0.15) is 19.5 Å². The number of fused-ring (bicyclic) bond motifs is 2. The van der Waals surface area contributed by atoms with E-state index in [4.69, 9.17) is 10.6 Å². The third-order valence-electron chi connectivity index (χ3n) is 6.72. The number of nitrogens with two attached hydrogens (primary N) is 1. The largest absolute Gasteiger partial charge is 0.504 e. The van der Waals surface area contributed by atoms with Gasteiger partial charge in [-0.15, -0.1) is 23.1 Å². The molecule has 0 radical (unpaired) electrons. The summed E-state index contributed by atoms with van der Waals surface area (Å²) in [7, 11) is 0. The van der Waals surface area contributed by atoms with E-state index in [1.54, 1.807) is 22.9 Å². The Morgan fingerprint density at radius 3 is 2.63 bits per heavy atom. The molecule has 1 aliphatic carbocycles. The fraction of sp³-hybridized carbons (Fsp3) is 0.269. The van der Waals surface area contributed by atoms with Crippen LogP contribution in [0.4, 0.5) is 5.13 Å². The molecule has 2 atom stereocenters. The predicted octanol–water partition coefficient (Wildman–Crippen LogP) is 0.720. The van der Waals surface area contributed by atoms with E-state index in [-0.39, 0.29) is 34.4 Å². The van der Waals surface area contributed by atoms with E-state index in [0.29, 0.717) is 11.1 Å². The number of oxime groups is 1. The minimum absolute atomic E-state index is 0.00325. The van der Waals surface area contributed by atoms with Crippen molar-refractivity contribution < 1.29 is 39.3 Å². The van der Waals surface area contributed by atoms with Crippen LogP contribution >= 0.6 is 23.1 Å². The number of β-lactam (4-membered cyclic amide) rings is 1. The second-order valence-corrected chi connectivity index (χ2v) is 12.1. The van der Waals surface area contributed by atoms with Gasteiger partial charge in [0, 0.05) is 35.6 Å². The number of aromatic hydroxyl groups is 1. The topological polar surface area (TPSA) is 227 Å². The number of rotatable bonds is 9. The third kappa shape index (κ3) is 5.51. The lowest BCUT2D eigenvalue weighted by Gasteiger charge is -2.49. The zero-order chi connectivity index (χ0) is 31.2. The Morgan fingerprint density at radius 1 is 1.23 bits per heavy atom. The van der Waals surface area contributed by atoms with Crippen molar-refractivity contribution in [1.82, 2.24) is 19.8 Å². The molecule has 1 saturated heterocycles. The average molecular weight is 629 g/mol. The van der Waals surface area contributed by atoms with Gasteiger partial charge in [0.15, 0.2) is 16.6 Å². The SMILES string of the molecule is CC(C)(ON=C(C(=O)NC1C(=O)N2C(C(=O)O)=C(Cn3ccc4ccc(O)c(=O)c-4c3)CS[C@@H]12)c1csc(N)n1)C(=O)O. The number of carbonyl (C=O) groups is 4. The number of nitrogens with one attached hydrogen (secondary N) is 1. The number of anilines is 1. The maximum absolute atomic E-state index is 13.2. The molecular weight excluding hydrogens is 604 g/mol. The summed E-state index contributed by atoms with van der Waals surface area (Å²) in [5, 5.41) is 36.1. The summed E-state index contributed by atoms with van der Waals surface area (Å²) in [5.41, 5.74) is 3.92. The van der Waals surface area contributed by atoms with Gasteiger partial charge in [-0.05, 0) is 37.1 Å². The standard InChI is InChI=1S/C26H24N6O9S2/c1-26(2,24(39)40)41-30-16(14-10-43-25(27)28-14)20(35)29-17-21(36)32-18(23(37)38)12(9-42-22(17)32)7-31-6-5-11-3-4-15(33)19(34)13(11)8-31/h3-6,8,10,17,22,33H,7,9H2,1-2H3,(H2,27,28)(H,29,35)(H,37,38)(H,39,40)/t17?,22-/m0/s1. The molecule has 224 valence electrons. The highest BCUT2D eigenvalue weighted by Gasteiger charge is 2.54. The first-order valence-electron chi connectivity index (χ1n) is 12.5. The van der Waals surface area contributed by atoms with Gasteiger partial charge in [0.2, 0.25) is 11.0 Å². The number of thiazole rings is 1. The molecule has 0 bridgehead atoms. The normalized spacial score (nSPS) is 18.7. The van der Waals surface area contributed by atoms with E-state index in [0.717, 1.165) is 16.2 Å². The maximum atomic E-state index is 13.2. The van der Waals surface area contributed by atoms with Gasteiger partial charge in [-0.3, -0.25) is 19.3 Å². The number of amides is 2. The highest BCUT2D eigenvalue weighted by molar-refractivity contribution is 8.00. The van der Waals surface area contributed by atoms with Crippen molar-refractivity contribution in [3.63, 3.8) is 0 Å². The fourth-order valence-corrected chi connectivity index (χ4v) is 6.28. The van der Waals surface area contributed by atoms with Crippen LogP contribution in [0.25, 0.3) is 11.1 Å². The van der Waals surface area contributed by atoms with Gasteiger partial charge >= 0.3 is 11.9 Å². The van der Waals surface area contributed by atoms with Crippen molar-refractivity contribution in [2.45, 2.75) is 37.4 Å². The maximum Gasteiger partial charge on any atom is 0.352 e. The van der Waals surface area contributed by atoms with Crippen LogP contribution in [0.15, 0.2) is 57.2 Å². The van der Waals surface area contributed by atoms with Crippen molar-refractivity contribution in [3.05, 3.63) is 63.2 Å². The molecule has 1 aromatic heterocycles. The van der Waals surface area contributed by atoms with Gasteiger partial charge in [-0.1, -0.05) is 11.2 Å². The second kappa shape index (κ2) is 11.1. The number of carboxylic acid groups (broad SMARTS) is 2. The summed E-state index contributed by atoms with van der Waals surface area (Å²) in [6.45, 7) is 2.51.